The minimum absolute atomic E-state index is 0.396. The van der Waals surface area contributed by atoms with E-state index in [-0.39, 0.29) is 0 Å². The van der Waals surface area contributed by atoms with E-state index in [2.05, 4.69) is 44.7 Å². The van der Waals surface area contributed by atoms with Gasteiger partial charge in [-0.1, -0.05) is 44.2 Å². The van der Waals surface area contributed by atoms with Crippen LogP contribution in [0, 0.1) is 5.92 Å². The summed E-state index contributed by atoms with van der Waals surface area (Å²) >= 11 is 0. The summed E-state index contributed by atoms with van der Waals surface area (Å²) in [7, 11) is 0. The third kappa shape index (κ3) is 5.49. The number of hydrazine groups is 1. The number of benzene rings is 1. The fourth-order valence-corrected chi connectivity index (χ4v) is 2.32. The molecule has 0 aromatic heterocycles. The molecule has 0 aliphatic carbocycles. The van der Waals surface area contributed by atoms with Gasteiger partial charge in [0, 0.05) is 17.8 Å². The molecule has 0 saturated carbocycles. The molecule has 3 heteroatoms. The maximum atomic E-state index is 5.90. The zero-order valence-corrected chi connectivity index (χ0v) is 12.8. The van der Waals surface area contributed by atoms with E-state index in [1.165, 1.54) is 11.1 Å². The van der Waals surface area contributed by atoms with E-state index in [0.717, 1.165) is 6.42 Å². The van der Waals surface area contributed by atoms with Crippen LogP contribution in [-0.2, 0) is 6.54 Å². The Hall–Kier alpha value is -1.74. The topological polar surface area (TPSA) is 55.3 Å². The Bertz CT molecular complexity index is 459. The van der Waals surface area contributed by atoms with Crippen LogP contribution in [0.4, 0.5) is 0 Å². The van der Waals surface area contributed by atoms with E-state index in [9.17, 15) is 0 Å². The molecule has 110 valence electrons. The lowest BCUT2D eigenvalue weighted by Crippen LogP contribution is -2.25. The molecule has 0 radical (unpaired) electrons. The third-order valence-electron chi connectivity index (χ3n) is 3.12. The highest BCUT2D eigenvalue weighted by atomic mass is 15.4. The van der Waals surface area contributed by atoms with Gasteiger partial charge in [0.25, 0.3) is 0 Å². The third-order valence-corrected chi connectivity index (χ3v) is 3.12. The highest BCUT2D eigenvalue weighted by molar-refractivity contribution is 5.29. The molecular weight excluding hydrogens is 246 g/mol. The molecule has 0 aliphatic rings. The van der Waals surface area contributed by atoms with Crippen LogP contribution >= 0.6 is 0 Å². The fraction of sp³-hybridized carbons (Fsp3) is 0.412. The second-order valence-electron chi connectivity index (χ2n) is 5.76. The first-order valence-corrected chi connectivity index (χ1v) is 7.09. The molecule has 0 fully saturated rings. The van der Waals surface area contributed by atoms with Crippen LogP contribution in [0.2, 0.25) is 0 Å². The Labute approximate surface area is 122 Å². The Balaban J connectivity index is 2.84. The second kappa shape index (κ2) is 7.75. The standard InChI is InChI=1S/C17H27N3/c1-5-16(9-13(2)3)17-8-6-7-15(10-17)12-20(19)11-14(4)18/h5-8,10-11,13,16H,1,9,12,18-19H2,2-4H3/b14-11-. The molecule has 0 bridgehead atoms. The lowest BCUT2D eigenvalue weighted by molar-refractivity contribution is 0.383. The number of allylic oxidation sites excluding steroid dienone is 2. The molecule has 0 saturated heterocycles. The minimum Gasteiger partial charge on any atom is -0.401 e. The number of nitrogens with two attached hydrogens (primary N) is 2. The van der Waals surface area contributed by atoms with E-state index in [0.29, 0.717) is 24.1 Å². The SMILES string of the molecule is C=CC(CC(C)C)c1cccc(CN(N)/C=C(/C)N)c1. The quantitative estimate of drug-likeness (QED) is 0.454. The first-order chi connectivity index (χ1) is 9.42. The fourth-order valence-electron chi connectivity index (χ4n) is 2.32. The van der Waals surface area contributed by atoms with Gasteiger partial charge in [-0.2, -0.15) is 0 Å². The summed E-state index contributed by atoms with van der Waals surface area (Å²) in [5.41, 5.74) is 8.81. The van der Waals surface area contributed by atoms with Crippen molar-refractivity contribution < 1.29 is 0 Å². The van der Waals surface area contributed by atoms with Gasteiger partial charge in [0.1, 0.15) is 0 Å². The molecule has 1 aromatic carbocycles. The smallest absolute Gasteiger partial charge is 0.0586 e. The Morgan fingerprint density at radius 3 is 2.65 bits per heavy atom. The van der Waals surface area contributed by atoms with Crippen LogP contribution in [0.5, 0.6) is 0 Å². The van der Waals surface area contributed by atoms with Gasteiger partial charge >= 0.3 is 0 Å². The molecule has 4 N–H and O–H groups in total. The maximum absolute atomic E-state index is 5.90. The minimum atomic E-state index is 0.396. The summed E-state index contributed by atoms with van der Waals surface area (Å²) < 4.78 is 0. The van der Waals surface area contributed by atoms with Gasteiger partial charge in [-0.3, -0.25) is 0 Å². The number of nitrogens with zero attached hydrogens (tertiary/aromatic N) is 1. The average molecular weight is 273 g/mol. The summed E-state index contributed by atoms with van der Waals surface area (Å²) in [4.78, 5) is 0. The molecule has 1 rings (SSSR count). The van der Waals surface area contributed by atoms with Crippen molar-refractivity contribution in [1.29, 1.82) is 0 Å². The van der Waals surface area contributed by atoms with Crippen LogP contribution in [-0.4, -0.2) is 5.01 Å². The monoisotopic (exact) mass is 273 g/mol. The summed E-state index contributed by atoms with van der Waals surface area (Å²) in [5.74, 6) is 6.95. The van der Waals surface area contributed by atoms with Gasteiger partial charge in [-0.15, -0.1) is 6.58 Å². The molecule has 3 nitrogen and oxygen atoms in total. The Morgan fingerprint density at radius 2 is 2.10 bits per heavy atom. The van der Waals surface area contributed by atoms with Crippen molar-refractivity contribution in [1.82, 2.24) is 5.01 Å². The van der Waals surface area contributed by atoms with Gasteiger partial charge in [0.2, 0.25) is 0 Å². The van der Waals surface area contributed by atoms with Crippen LogP contribution in [0.1, 0.15) is 44.2 Å². The van der Waals surface area contributed by atoms with Crippen LogP contribution in [0.15, 0.2) is 48.8 Å². The average Bonchev–Trinajstić information content (AvgIpc) is 2.34. The van der Waals surface area contributed by atoms with Crippen molar-refractivity contribution in [3.05, 3.63) is 59.9 Å². The van der Waals surface area contributed by atoms with Gasteiger partial charge < -0.3 is 10.7 Å². The number of hydrogen-bond donors (Lipinski definition) is 2. The molecule has 0 spiro atoms. The van der Waals surface area contributed by atoms with Crippen molar-refractivity contribution in [3.8, 4) is 0 Å². The van der Waals surface area contributed by atoms with Crippen molar-refractivity contribution >= 4 is 0 Å². The van der Waals surface area contributed by atoms with Crippen molar-refractivity contribution in [2.75, 3.05) is 0 Å². The largest absolute Gasteiger partial charge is 0.401 e. The predicted octanol–water partition coefficient (Wildman–Crippen LogP) is 3.50. The van der Waals surface area contributed by atoms with E-state index in [4.69, 9.17) is 11.6 Å². The first kappa shape index (κ1) is 16.3. The molecule has 1 unspecified atom stereocenters. The number of rotatable bonds is 7. The van der Waals surface area contributed by atoms with Crippen molar-refractivity contribution in [2.45, 2.75) is 39.7 Å². The van der Waals surface area contributed by atoms with E-state index in [1.807, 2.05) is 13.0 Å². The normalized spacial score (nSPS) is 13.3. The van der Waals surface area contributed by atoms with E-state index >= 15 is 0 Å². The second-order valence-corrected chi connectivity index (χ2v) is 5.76. The highest BCUT2D eigenvalue weighted by Gasteiger charge is 2.10. The molecule has 0 aliphatic heterocycles. The molecule has 0 amide bonds. The number of hydrogen-bond acceptors (Lipinski definition) is 3. The van der Waals surface area contributed by atoms with E-state index in [1.54, 1.807) is 11.2 Å². The zero-order chi connectivity index (χ0) is 15.1. The van der Waals surface area contributed by atoms with Gasteiger partial charge in [-0.25, -0.2) is 5.84 Å². The summed E-state index contributed by atoms with van der Waals surface area (Å²) in [6.45, 7) is 10.9. The van der Waals surface area contributed by atoms with Crippen LogP contribution < -0.4 is 11.6 Å². The molecule has 20 heavy (non-hydrogen) atoms. The summed E-state index contributed by atoms with van der Waals surface area (Å²) in [5, 5.41) is 1.61. The first-order valence-electron chi connectivity index (χ1n) is 7.09. The zero-order valence-electron chi connectivity index (χ0n) is 12.8. The maximum Gasteiger partial charge on any atom is 0.0586 e. The molecule has 1 aromatic rings. The van der Waals surface area contributed by atoms with Crippen LogP contribution in [0.25, 0.3) is 0 Å². The van der Waals surface area contributed by atoms with E-state index < -0.39 is 0 Å². The lowest BCUT2D eigenvalue weighted by Gasteiger charge is -2.18. The summed E-state index contributed by atoms with van der Waals surface area (Å²) in [6, 6.07) is 8.52. The Morgan fingerprint density at radius 1 is 1.40 bits per heavy atom. The predicted molar refractivity (Wildman–Crippen MR) is 86.5 cm³/mol. The molecule has 0 heterocycles. The lowest BCUT2D eigenvalue weighted by atomic mass is 9.89. The highest BCUT2D eigenvalue weighted by Crippen LogP contribution is 2.25. The van der Waals surface area contributed by atoms with Gasteiger partial charge in [0.05, 0.1) is 6.54 Å². The Kier molecular flexibility index (Phi) is 6.32. The van der Waals surface area contributed by atoms with Gasteiger partial charge in [0.15, 0.2) is 0 Å². The van der Waals surface area contributed by atoms with Crippen molar-refractivity contribution in [2.24, 2.45) is 17.5 Å². The van der Waals surface area contributed by atoms with Gasteiger partial charge in [-0.05, 0) is 30.4 Å². The molecule has 1 atom stereocenters. The van der Waals surface area contributed by atoms with Crippen molar-refractivity contribution in [3.63, 3.8) is 0 Å². The van der Waals surface area contributed by atoms with Crippen LogP contribution in [0.3, 0.4) is 0 Å². The summed E-state index contributed by atoms with van der Waals surface area (Å²) in [6.07, 6.45) is 4.89. The molecular formula is C17H27N3.